The molecule has 192 valence electrons. The maximum Gasteiger partial charge on any atom is 0.130 e. The molecule has 1 aliphatic heterocycles. The summed E-state index contributed by atoms with van der Waals surface area (Å²) in [6, 6.07) is 41.6. The summed E-state index contributed by atoms with van der Waals surface area (Å²) in [5.41, 5.74) is 7.61. The standard InChI is InChI=1S/C40H26O/c1-2-14-28-25(11-1)12-9-20-30(28)40-34-18-5-3-16-32(34)38(33-17-4-6-19-35(33)40)27-23-26-13-10-21-31-29-15-7-8-22-36(29)41-37(24-27)39(26)31/h1-24,31,39H. The van der Waals surface area contributed by atoms with Gasteiger partial charge in [0.05, 0.1) is 5.92 Å². The summed E-state index contributed by atoms with van der Waals surface area (Å²) in [6.45, 7) is 0. The Morgan fingerprint density at radius 1 is 0.537 bits per heavy atom. The van der Waals surface area contributed by atoms with E-state index >= 15 is 0 Å². The van der Waals surface area contributed by atoms with Gasteiger partial charge < -0.3 is 4.74 Å². The quantitative estimate of drug-likeness (QED) is 0.206. The van der Waals surface area contributed by atoms with E-state index in [0.717, 1.165) is 11.5 Å². The molecule has 0 N–H and O–H groups in total. The zero-order chi connectivity index (χ0) is 26.9. The van der Waals surface area contributed by atoms with Gasteiger partial charge in [-0.2, -0.15) is 0 Å². The van der Waals surface area contributed by atoms with Crippen LogP contribution in [0.4, 0.5) is 0 Å². The minimum Gasteiger partial charge on any atom is -0.461 e. The smallest absolute Gasteiger partial charge is 0.130 e. The van der Waals surface area contributed by atoms with Gasteiger partial charge in [-0.15, -0.1) is 0 Å². The number of rotatable bonds is 2. The van der Waals surface area contributed by atoms with Crippen molar-refractivity contribution in [2.75, 3.05) is 0 Å². The molecule has 41 heavy (non-hydrogen) atoms. The highest BCUT2D eigenvalue weighted by Crippen LogP contribution is 2.52. The Morgan fingerprint density at radius 3 is 1.95 bits per heavy atom. The topological polar surface area (TPSA) is 9.23 Å². The van der Waals surface area contributed by atoms with E-state index in [0.29, 0.717) is 5.92 Å². The first-order chi connectivity index (χ1) is 20.3. The molecule has 0 saturated carbocycles. The number of benzene rings is 6. The fourth-order valence-electron chi connectivity index (χ4n) is 7.32. The predicted molar refractivity (Wildman–Crippen MR) is 171 cm³/mol. The van der Waals surface area contributed by atoms with Crippen molar-refractivity contribution in [3.05, 3.63) is 168 Å². The highest BCUT2D eigenvalue weighted by atomic mass is 16.5. The Morgan fingerprint density at radius 2 is 1.17 bits per heavy atom. The average Bonchev–Trinajstić information content (AvgIpc) is 3.03. The minimum absolute atomic E-state index is 0.214. The summed E-state index contributed by atoms with van der Waals surface area (Å²) in [5.74, 6) is 2.51. The second-order valence-corrected chi connectivity index (χ2v) is 11.2. The molecule has 0 spiro atoms. The lowest BCUT2D eigenvalue weighted by Gasteiger charge is -2.38. The fraction of sp³-hybridized carbons (Fsp3) is 0.0500. The normalized spacial score (nSPS) is 18.8. The molecule has 1 heterocycles. The van der Waals surface area contributed by atoms with Crippen molar-refractivity contribution >= 4 is 37.9 Å². The van der Waals surface area contributed by atoms with Crippen LogP contribution in [0.15, 0.2) is 157 Å². The molecule has 1 nitrogen and oxygen atoms in total. The largest absolute Gasteiger partial charge is 0.461 e. The summed E-state index contributed by atoms with van der Waals surface area (Å²) in [7, 11) is 0. The van der Waals surface area contributed by atoms with Crippen molar-refractivity contribution in [2.24, 2.45) is 5.92 Å². The van der Waals surface area contributed by atoms with Crippen LogP contribution in [0, 0.1) is 5.92 Å². The van der Waals surface area contributed by atoms with Gasteiger partial charge in [-0.05, 0) is 72.3 Å². The van der Waals surface area contributed by atoms with Crippen LogP contribution in [0.3, 0.4) is 0 Å². The number of allylic oxidation sites excluding steroid dienone is 7. The summed E-state index contributed by atoms with van der Waals surface area (Å²) >= 11 is 0. The van der Waals surface area contributed by atoms with E-state index in [1.54, 1.807) is 0 Å². The monoisotopic (exact) mass is 522 g/mol. The minimum atomic E-state index is 0.214. The lowest BCUT2D eigenvalue weighted by molar-refractivity contribution is 0.320. The van der Waals surface area contributed by atoms with E-state index in [4.69, 9.17) is 4.74 Å². The van der Waals surface area contributed by atoms with Gasteiger partial charge in [0, 0.05) is 11.5 Å². The molecular weight excluding hydrogens is 496 g/mol. The van der Waals surface area contributed by atoms with E-state index in [9.17, 15) is 0 Å². The zero-order valence-electron chi connectivity index (χ0n) is 22.4. The van der Waals surface area contributed by atoms with Crippen LogP contribution < -0.4 is 4.74 Å². The summed E-state index contributed by atoms with van der Waals surface area (Å²) in [4.78, 5) is 0. The molecule has 3 aliphatic rings. The summed E-state index contributed by atoms with van der Waals surface area (Å²) in [6.07, 6.45) is 11.5. The second kappa shape index (κ2) is 8.68. The van der Waals surface area contributed by atoms with Crippen molar-refractivity contribution in [1.82, 2.24) is 0 Å². The van der Waals surface area contributed by atoms with E-state index in [1.165, 1.54) is 65.7 Å². The van der Waals surface area contributed by atoms with E-state index in [-0.39, 0.29) is 5.92 Å². The van der Waals surface area contributed by atoms with Crippen molar-refractivity contribution in [3.63, 3.8) is 0 Å². The lowest BCUT2D eigenvalue weighted by Crippen LogP contribution is -2.27. The number of hydrogen-bond donors (Lipinski definition) is 0. The molecular formula is C40H26O. The number of para-hydroxylation sites is 1. The van der Waals surface area contributed by atoms with Gasteiger partial charge in [-0.25, -0.2) is 0 Å². The molecule has 0 radical (unpaired) electrons. The predicted octanol–water partition coefficient (Wildman–Crippen LogP) is 10.4. The van der Waals surface area contributed by atoms with E-state index in [1.807, 2.05) is 0 Å². The van der Waals surface area contributed by atoms with Crippen LogP contribution in [-0.4, -0.2) is 0 Å². The van der Waals surface area contributed by atoms with Gasteiger partial charge in [0.25, 0.3) is 0 Å². The molecule has 2 atom stereocenters. The van der Waals surface area contributed by atoms with Crippen molar-refractivity contribution < 1.29 is 4.74 Å². The highest BCUT2D eigenvalue weighted by Gasteiger charge is 2.38. The van der Waals surface area contributed by atoms with Gasteiger partial charge in [-0.3, -0.25) is 0 Å². The van der Waals surface area contributed by atoms with Gasteiger partial charge in [-0.1, -0.05) is 133 Å². The third-order valence-electron chi connectivity index (χ3n) is 9.04. The van der Waals surface area contributed by atoms with E-state index in [2.05, 4.69) is 146 Å². The Labute approximate surface area is 239 Å². The van der Waals surface area contributed by atoms with Crippen molar-refractivity contribution in [2.45, 2.75) is 5.92 Å². The van der Waals surface area contributed by atoms with Crippen LogP contribution in [0.2, 0.25) is 0 Å². The third kappa shape index (κ3) is 3.30. The van der Waals surface area contributed by atoms with Crippen molar-refractivity contribution in [3.8, 4) is 16.9 Å². The summed E-state index contributed by atoms with van der Waals surface area (Å²) < 4.78 is 6.63. The highest BCUT2D eigenvalue weighted by molar-refractivity contribution is 6.22. The van der Waals surface area contributed by atoms with E-state index < -0.39 is 0 Å². The molecule has 0 bridgehead atoms. The molecule has 0 saturated heterocycles. The SMILES string of the molecule is C1=CC2c3ccccc3OC3=CC(c4c5ccccc5c(-c5cccc6ccccc56)c5ccccc45)=CC(=C1)C32. The molecule has 0 amide bonds. The van der Waals surface area contributed by atoms with Crippen LogP contribution in [-0.2, 0) is 0 Å². The first kappa shape index (κ1) is 22.7. The zero-order valence-corrected chi connectivity index (χ0v) is 22.4. The first-order valence-corrected chi connectivity index (χ1v) is 14.4. The average molecular weight is 523 g/mol. The van der Waals surface area contributed by atoms with Crippen molar-refractivity contribution in [1.29, 1.82) is 0 Å². The molecule has 1 heteroatoms. The molecule has 9 rings (SSSR count). The maximum absolute atomic E-state index is 6.63. The van der Waals surface area contributed by atoms with Crippen LogP contribution in [0.25, 0.3) is 49.0 Å². The fourth-order valence-corrected chi connectivity index (χ4v) is 7.32. The molecule has 0 aromatic heterocycles. The van der Waals surface area contributed by atoms with Crippen LogP contribution in [0.1, 0.15) is 17.0 Å². The number of ether oxygens (including phenoxy) is 1. The van der Waals surface area contributed by atoms with Crippen LogP contribution >= 0.6 is 0 Å². The molecule has 0 fully saturated rings. The Balaban J connectivity index is 1.35. The van der Waals surface area contributed by atoms with Gasteiger partial charge >= 0.3 is 0 Å². The second-order valence-electron chi connectivity index (χ2n) is 11.2. The molecule has 2 aliphatic carbocycles. The van der Waals surface area contributed by atoms with Gasteiger partial charge in [0.15, 0.2) is 0 Å². The first-order valence-electron chi connectivity index (χ1n) is 14.4. The Kier molecular flexibility index (Phi) is 4.80. The Hall–Kier alpha value is -5.14. The Bertz CT molecular complexity index is 2130. The van der Waals surface area contributed by atoms with Gasteiger partial charge in [0.1, 0.15) is 11.5 Å². The van der Waals surface area contributed by atoms with Gasteiger partial charge in [0.2, 0.25) is 0 Å². The molecule has 6 aromatic carbocycles. The molecule has 2 unspecified atom stereocenters. The summed E-state index contributed by atoms with van der Waals surface area (Å²) in [5, 5.41) is 7.59. The number of fused-ring (bicyclic) bond motifs is 5. The third-order valence-corrected chi connectivity index (χ3v) is 9.04. The molecule has 6 aromatic rings. The number of hydrogen-bond acceptors (Lipinski definition) is 1. The maximum atomic E-state index is 6.63. The van der Waals surface area contributed by atoms with Crippen LogP contribution in [0.5, 0.6) is 5.75 Å². The lowest BCUT2D eigenvalue weighted by atomic mass is 9.71.